The topological polar surface area (TPSA) is 87.7 Å². The summed E-state index contributed by atoms with van der Waals surface area (Å²) in [6, 6.07) is 9.50. The van der Waals surface area contributed by atoms with E-state index in [9.17, 15) is 9.90 Å². The Labute approximate surface area is 187 Å². The molecule has 2 unspecified atom stereocenters. The van der Waals surface area contributed by atoms with Crippen LogP contribution in [-0.4, -0.2) is 51.8 Å². The van der Waals surface area contributed by atoms with E-state index in [0.717, 1.165) is 72.3 Å². The molecule has 2 aliphatic rings. The first kappa shape index (κ1) is 21.0. The van der Waals surface area contributed by atoms with Gasteiger partial charge in [0.05, 0.1) is 35.6 Å². The van der Waals surface area contributed by atoms with Gasteiger partial charge in [-0.05, 0) is 61.9 Å². The molecule has 0 bridgehead atoms. The third kappa shape index (κ3) is 3.65. The third-order valence-electron chi connectivity index (χ3n) is 7.13. The number of hydrogen-bond donors (Lipinski definition) is 2. The average Bonchev–Trinajstić information content (AvgIpc) is 3.47. The van der Waals surface area contributed by atoms with Crippen LogP contribution in [0.25, 0.3) is 11.0 Å². The molecule has 0 amide bonds. The highest BCUT2D eigenvalue weighted by molar-refractivity contribution is 5.87. The lowest BCUT2D eigenvalue weighted by Gasteiger charge is -2.45. The lowest BCUT2D eigenvalue weighted by molar-refractivity contribution is -0.0676. The van der Waals surface area contributed by atoms with E-state index in [1.54, 1.807) is 25.6 Å². The number of imidazole rings is 1. The van der Waals surface area contributed by atoms with Crippen molar-refractivity contribution in [1.29, 1.82) is 0 Å². The maximum atomic E-state index is 11.3. The van der Waals surface area contributed by atoms with Gasteiger partial charge in [0.25, 0.3) is 0 Å². The summed E-state index contributed by atoms with van der Waals surface area (Å²) in [5.41, 5.74) is 5.51. The number of fused-ring (bicyclic) bond motifs is 1. The molecule has 0 radical (unpaired) electrons. The standard InChI is InChI=1S/C25H29N3O4/c1-16-12-21(31-2)19(23-22(16)26-15-27-23)14-28-10-9-25(8-3-11-32-25)13-20(28)17-4-6-18(7-5-17)24(29)30/h4-7,12,15,20H,3,8-11,13-14H2,1-2H3,(H,26,27)(H,29,30). The quantitative estimate of drug-likeness (QED) is 0.615. The van der Waals surface area contributed by atoms with Crippen molar-refractivity contribution in [2.24, 2.45) is 0 Å². The first-order chi connectivity index (χ1) is 15.5. The summed E-state index contributed by atoms with van der Waals surface area (Å²) in [5.74, 6) is -0.0579. The number of aromatic carboxylic acids is 1. The minimum absolute atomic E-state index is 0.0777. The van der Waals surface area contributed by atoms with Gasteiger partial charge in [0.2, 0.25) is 0 Å². The Hall–Kier alpha value is -2.90. The number of benzene rings is 2. The van der Waals surface area contributed by atoms with Gasteiger partial charge in [0, 0.05) is 31.3 Å². The van der Waals surface area contributed by atoms with Crippen LogP contribution in [0.2, 0.25) is 0 Å². The second kappa shape index (κ2) is 8.22. The first-order valence-electron chi connectivity index (χ1n) is 11.2. The van der Waals surface area contributed by atoms with Crippen molar-refractivity contribution in [2.45, 2.75) is 50.8 Å². The molecule has 0 saturated carbocycles. The number of H-pyrrole nitrogens is 1. The molecule has 168 valence electrons. The SMILES string of the molecule is COc1cc(C)c2[nH]cnc2c1CN1CCC2(CCCO2)CC1c1ccc(C(=O)O)cc1. The predicted octanol–water partition coefficient (Wildman–Crippen LogP) is 4.46. The number of nitrogens with zero attached hydrogens (tertiary/aromatic N) is 2. The molecule has 5 rings (SSSR count). The van der Waals surface area contributed by atoms with Crippen LogP contribution >= 0.6 is 0 Å². The maximum Gasteiger partial charge on any atom is 0.335 e. The maximum absolute atomic E-state index is 11.3. The number of ether oxygens (including phenoxy) is 2. The summed E-state index contributed by atoms with van der Waals surface area (Å²) >= 11 is 0. The molecule has 7 nitrogen and oxygen atoms in total. The molecule has 2 N–H and O–H groups in total. The van der Waals surface area contributed by atoms with Crippen molar-refractivity contribution in [2.75, 3.05) is 20.3 Å². The summed E-state index contributed by atoms with van der Waals surface area (Å²) in [6.45, 7) is 4.48. The lowest BCUT2D eigenvalue weighted by atomic mass is 9.81. The highest BCUT2D eigenvalue weighted by Gasteiger charge is 2.43. The van der Waals surface area contributed by atoms with Gasteiger partial charge in [0.15, 0.2) is 0 Å². The Morgan fingerprint density at radius 2 is 2.16 bits per heavy atom. The summed E-state index contributed by atoms with van der Waals surface area (Å²) in [4.78, 5) is 21.7. The number of hydrogen-bond acceptors (Lipinski definition) is 5. The van der Waals surface area contributed by atoms with Crippen LogP contribution < -0.4 is 4.74 Å². The third-order valence-corrected chi connectivity index (χ3v) is 7.13. The number of carboxylic acid groups (broad SMARTS) is 1. The summed E-state index contributed by atoms with van der Waals surface area (Å²) in [5, 5.41) is 9.31. The van der Waals surface area contributed by atoms with Gasteiger partial charge in [-0.3, -0.25) is 4.90 Å². The van der Waals surface area contributed by atoms with E-state index < -0.39 is 5.97 Å². The van der Waals surface area contributed by atoms with Crippen molar-refractivity contribution < 1.29 is 19.4 Å². The van der Waals surface area contributed by atoms with Crippen LogP contribution in [-0.2, 0) is 11.3 Å². The number of aromatic nitrogens is 2. The fourth-order valence-electron chi connectivity index (χ4n) is 5.40. The van der Waals surface area contributed by atoms with Crippen LogP contribution in [0.3, 0.4) is 0 Å². The molecule has 1 aromatic heterocycles. The monoisotopic (exact) mass is 435 g/mol. The van der Waals surface area contributed by atoms with Crippen molar-refractivity contribution in [3.8, 4) is 5.75 Å². The Morgan fingerprint density at radius 1 is 1.34 bits per heavy atom. The average molecular weight is 436 g/mol. The van der Waals surface area contributed by atoms with E-state index in [0.29, 0.717) is 12.1 Å². The molecule has 2 aromatic carbocycles. The number of piperidine rings is 1. The van der Waals surface area contributed by atoms with Gasteiger partial charge >= 0.3 is 5.97 Å². The molecule has 3 aromatic rings. The fraction of sp³-hybridized carbons (Fsp3) is 0.440. The Bertz CT molecular complexity index is 1130. The van der Waals surface area contributed by atoms with Crippen LogP contribution in [0.4, 0.5) is 0 Å². The van der Waals surface area contributed by atoms with Crippen LogP contribution in [0, 0.1) is 6.92 Å². The number of carbonyl (C=O) groups is 1. The van der Waals surface area contributed by atoms with E-state index in [1.807, 2.05) is 12.1 Å². The number of aryl methyl sites for hydroxylation is 1. The molecule has 7 heteroatoms. The number of methoxy groups -OCH3 is 1. The summed E-state index contributed by atoms with van der Waals surface area (Å²) < 4.78 is 12.0. The van der Waals surface area contributed by atoms with E-state index in [-0.39, 0.29) is 11.6 Å². The minimum atomic E-state index is -0.905. The van der Waals surface area contributed by atoms with Gasteiger partial charge in [0.1, 0.15) is 5.75 Å². The van der Waals surface area contributed by atoms with Gasteiger partial charge < -0.3 is 19.6 Å². The fourth-order valence-corrected chi connectivity index (χ4v) is 5.40. The van der Waals surface area contributed by atoms with Crippen LogP contribution in [0.5, 0.6) is 5.75 Å². The molecule has 2 aliphatic heterocycles. The molecule has 2 atom stereocenters. The Kier molecular flexibility index (Phi) is 5.39. The highest BCUT2D eigenvalue weighted by atomic mass is 16.5. The number of aromatic amines is 1. The van der Waals surface area contributed by atoms with Crippen molar-refractivity contribution in [3.05, 3.63) is 58.9 Å². The van der Waals surface area contributed by atoms with Crippen molar-refractivity contribution in [1.82, 2.24) is 14.9 Å². The van der Waals surface area contributed by atoms with Crippen LogP contribution in [0.15, 0.2) is 36.7 Å². The molecular weight excluding hydrogens is 406 g/mol. The van der Waals surface area contributed by atoms with E-state index in [2.05, 4.69) is 27.9 Å². The number of nitrogens with one attached hydrogen (secondary N) is 1. The van der Waals surface area contributed by atoms with Gasteiger partial charge in [-0.1, -0.05) is 12.1 Å². The lowest BCUT2D eigenvalue weighted by Crippen LogP contribution is -2.45. The molecule has 2 saturated heterocycles. The van der Waals surface area contributed by atoms with E-state index in [1.165, 1.54) is 0 Å². The summed E-state index contributed by atoms with van der Waals surface area (Å²) in [7, 11) is 1.70. The second-order valence-electron chi connectivity index (χ2n) is 9.00. The van der Waals surface area contributed by atoms with Gasteiger partial charge in [-0.2, -0.15) is 0 Å². The van der Waals surface area contributed by atoms with Crippen molar-refractivity contribution in [3.63, 3.8) is 0 Å². The summed E-state index contributed by atoms with van der Waals surface area (Å²) in [6.07, 6.45) is 5.82. The largest absolute Gasteiger partial charge is 0.496 e. The Morgan fingerprint density at radius 3 is 2.84 bits per heavy atom. The highest BCUT2D eigenvalue weighted by Crippen LogP contribution is 2.45. The van der Waals surface area contributed by atoms with Gasteiger partial charge in [-0.15, -0.1) is 0 Å². The minimum Gasteiger partial charge on any atom is -0.496 e. The predicted molar refractivity (Wildman–Crippen MR) is 121 cm³/mol. The normalized spacial score (nSPS) is 23.8. The molecule has 3 heterocycles. The number of likely N-dealkylation sites (tertiary alicyclic amines) is 1. The zero-order chi connectivity index (χ0) is 22.3. The van der Waals surface area contributed by atoms with E-state index >= 15 is 0 Å². The zero-order valence-corrected chi connectivity index (χ0v) is 18.6. The first-order valence-corrected chi connectivity index (χ1v) is 11.2. The number of carboxylic acids is 1. The van der Waals surface area contributed by atoms with E-state index in [4.69, 9.17) is 9.47 Å². The second-order valence-corrected chi connectivity index (χ2v) is 9.00. The molecule has 1 spiro atoms. The molecule has 2 fully saturated rings. The molecular formula is C25H29N3O4. The van der Waals surface area contributed by atoms with Gasteiger partial charge in [-0.25, -0.2) is 9.78 Å². The Balaban J connectivity index is 1.52. The zero-order valence-electron chi connectivity index (χ0n) is 18.6. The smallest absolute Gasteiger partial charge is 0.335 e. The van der Waals surface area contributed by atoms with Crippen molar-refractivity contribution >= 4 is 17.0 Å². The van der Waals surface area contributed by atoms with Crippen LogP contribution in [0.1, 0.15) is 58.8 Å². The molecule has 0 aliphatic carbocycles. The number of rotatable bonds is 5. The molecule has 32 heavy (non-hydrogen) atoms.